The number of hydrogen-bond acceptors (Lipinski definition) is 3. The van der Waals surface area contributed by atoms with Gasteiger partial charge in [0.25, 0.3) is 0 Å². The second kappa shape index (κ2) is 6.29. The zero-order valence-corrected chi connectivity index (χ0v) is 9.93. The first-order valence-electron chi connectivity index (χ1n) is 5.82. The van der Waals surface area contributed by atoms with Crippen LogP contribution >= 0.6 is 0 Å². The summed E-state index contributed by atoms with van der Waals surface area (Å²) in [6.07, 6.45) is 5.40. The van der Waals surface area contributed by atoms with Crippen molar-refractivity contribution in [1.29, 1.82) is 5.26 Å². The normalized spacial score (nSPS) is 14.4. The summed E-state index contributed by atoms with van der Waals surface area (Å²) in [4.78, 5) is 0. The minimum atomic E-state index is -0.712. The maximum absolute atomic E-state index is 10.0. The lowest BCUT2D eigenvalue weighted by Crippen LogP contribution is -2.10. The fraction of sp³-hybridized carbons (Fsp3) is 0.667. The van der Waals surface area contributed by atoms with E-state index in [1.807, 2.05) is 13.1 Å². The number of rotatable bonds is 6. The third-order valence-electron chi connectivity index (χ3n) is 2.59. The van der Waals surface area contributed by atoms with Gasteiger partial charge in [-0.05, 0) is 12.8 Å². The first-order valence-corrected chi connectivity index (χ1v) is 5.82. The summed E-state index contributed by atoms with van der Waals surface area (Å²) in [5.41, 5.74) is 0.744. The Bertz CT molecular complexity index is 353. The highest BCUT2D eigenvalue weighted by Gasteiger charge is 2.20. The van der Waals surface area contributed by atoms with Crippen molar-refractivity contribution in [2.24, 2.45) is 5.92 Å². The number of aromatic nitrogens is 2. The van der Waals surface area contributed by atoms with E-state index in [1.165, 1.54) is 0 Å². The predicted molar refractivity (Wildman–Crippen MR) is 61.5 cm³/mol. The third kappa shape index (κ3) is 3.07. The zero-order valence-electron chi connectivity index (χ0n) is 9.93. The Morgan fingerprint density at radius 2 is 2.25 bits per heavy atom. The molecule has 0 aliphatic rings. The van der Waals surface area contributed by atoms with Crippen molar-refractivity contribution in [3.8, 4) is 6.07 Å². The molecular weight excluding hydrogens is 202 g/mol. The fourth-order valence-corrected chi connectivity index (χ4v) is 1.72. The van der Waals surface area contributed by atoms with Crippen LogP contribution in [0.1, 0.15) is 44.8 Å². The smallest absolute Gasteiger partial charge is 0.0978 e. The maximum Gasteiger partial charge on any atom is 0.0978 e. The lowest BCUT2D eigenvalue weighted by atomic mass is 9.95. The summed E-state index contributed by atoms with van der Waals surface area (Å²) in [7, 11) is 0. The van der Waals surface area contributed by atoms with Crippen molar-refractivity contribution in [2.75, 3.05) is 0 Å². The van der Waals surface area contributed by atoms with Gasteiger partial charge in [-0.25, -0.2) is 0 Å². The molecule has 88 valence electrons. The summed E-state index contributed by atoms with van der Waals surface area (Å²) in [5, 5.41) is 23.1. The van der Waals surface area contributed by atoms with Gasteiger partial charge in [0, 0.05) is 18.3 Å². The van der Waals surface area contributed by atoms with E-state index < -0.39 is 6.10 Å². The van der Waals surface area contributed by atoms with Gasteiger partial charge < -0.3 is 5.11 Å². The molecule has 1 aromatic heterocycles. The standard InChI is InChI=1S/C12H19N3O/c1-3-5-10(7-13)12(16)11-8-14-15(9-11)6-4-2/h8-10,12,16H,3-6H2,1-2H3. The highest BCUT2D eigenvalue weighted by molar-refractivity contribution is 5.12. The molecule has 0 radical (unpaired) electrons. The molecule has 1 N–H and O–H groups in total. The first-order chi connectivity index (χ1) is 7.72. The second-order valence-electron chi connectivity index (χ2n) is 4.01. The summed E-state index contributed by atoms with van der Waals surface area (Å²) in [6.45, 7) is 4.93. The van der Waals surface area contributed by atoms with Gasteiger partial charge in [0.1, 0.15) is 0 Å². The predicted octanol–water partition coefficient (Wildman–Crippen LogP) is 2.27. The molecule has 2 atom stereocenters. The Kier molecular flexibility index (Phi) is 5.00. The molecule has 0 aliphatic heterocycles. The molecule has 0 saturated carbocycles. The first kappa shape index (κ1) is 12.7. The third-order valence-corrected chi connectivity index (χ3v) is 2.59. The number of aliphatic hydroxyl groups excluding tert-OH is 1. The van der Waals surface area contributed by atoms with E-state index in [2.05, 4.69) is 18.1 Å². The van der Waals surface area contributed by atoms with Crippen LogP contribution in [0.15, 0.2) is 12.4 Å². The average Bonchev–Trinajstić information content (AvgIpc) is 2.74. The molecule has 1 heterocycles. The lowest BCUT2D eigenvalue weighted by Gasteiger charge is -2.13. The number of aryl methyl sites for hydroxylation is 1. The Balaban J connectivity index is 2.70. The highest BCUT2D eigenvalue weighted by Crippen LogP contribution is 2.24. The largest absolute Gasteiger partial charge is 0.387 e. The molecule has 1 rings (SSSR count). The highest BCUT2D eigenvalue weighted by atomic mass is 16.3. The SMILES string of the molecule is CCCC(C#N)C(O)c1cnn(CCC)c1. The van der Waals surface area contributed by atoms with Gasteiger partial charge in [-0.15, -0.1) is 0 Å². The molecule has 0 saturated heterocycles. The van der Waals surface area contributed by atoms with E-state index in [9.17, 15) is 5.11 Å². The Morgan fingerprint density at radius 3 is 2.81 bits per heavy atom. The Morgan fingerprint density at radius 1 is 1.50 bits per heavy atom. The van der Waals surface area contributed by atoms with Gasteiger partial charge in [-0.1, -0.05) is 20.3 Å². The molecule has 2 unspecified atom stereocenters. The summed E-state index contributed by atoms with van der Waals surface area (Å²) < 4.78 is 1.80. The van der Waals surface area contributed by atoms with Crippen molar-refractivity contribution in [2.45, 2.75) is 45.8 Å². The van der Waals surface area contributed by atoms with Crippen LogP contribution in [0, 0.1) is 17.2 Å². The summed E-state index contributed by atoms with van der Waals surface area (Å²) in [6, 6.07) is 2.16. The second-order valence-corrected chi connectivity index (χ2v) is 4.01. The van der Waals surface area contributed by atoms with Crippen LogP contribution in [0.25, 0.3) is 0 Å². The van der Waals surface area contributed by atoms with Crippen LogP contribution in [0.3, 0.4) is 0 Å². The summed E-state index contributed by atoms with van der Waals surface area (Å²) >= 11 is 0. The van der Waals surface area contributed by atoms with E-state index in [-0.39, 0.29) is 5.92 Å². The number of hydrogen-bond donors (Lipinski definition) is 1. The minimum Gasteiger partial charge on any atom is -0.387 e. The Hall–Kier alpha value is -1.34. The van der Waals surface area contributed by atoms with E-state index in [1.54, 1.807) is 10.9 Å². The molecule has 0 aliphatic carbocycles. The van der Waals surface area contributed by atoms with E-state index in [0.29, 0.717) is 0 Å². The van der Waals surface area contributed by atoms with Crippen LogP contribution in [-0.4, -0.2) is 14.9 Å². The summed E-state index contributed by atoms with van der Waals surface area (Å²) in [5.74, 6) is -0.329. The molecule has 0 aromatic carbocycles. The van der Waals surface area contributed by atoms with Gasteiger partial charge in [0.15, 0.2) is 0 Å². The van der Waals surface area contributed by atoms with Crippen LogP contribution in [0.2, 0.25) is 0 Å². The van der Waals surface area contributed by atoms with E-state index >= 15 is 0 Å². The quantitative estimate of drug-likeness (QED) is 0.801. The van der Waals surface area contributed by atoms with Crippen molar-refractivity contribution in [3.05, 3.63) is 18.0 Å². The molecule has 1 aromatic rings. The monoisotopic (exact) mass is 221 g/mol. The van der Waals surface area contributed by atoms with Crippen LogP contribution in [-0.2, 0) is 6.54 Å². The van der Waals surface area contributed by atoms with Gasteiger partial charge in [0.2, 0.25) is 0 Å². The van der Waals surface area contributed by atoms with E-state index in [4.69, 9.17) is 5.26 Å². The van der Waals surface area contributed by atoms with Gasteiger partial charge >= 0.3 is 0 Å². The average molecular weight is 221 g/mol. The molecular formula is C12H19N3O. The Labute approximate surface area is 96.5 Å². The molecule has 4 nitrogen and oxygen atoms in total. The number of aliphatic hydroxyl groups is 1. The topological polar surface area (TPSA) is 61.8 Å². The van der Waals surface area contributed by atoms with Crippen molar-refractivity contribution < 1.29 is 5.11 Å². The number of nitriles is 1. The minimum absolute atomic E-state index is 0.329. The molecule has 16 heavy (non-hydrogen) atoms. The van der Waals surface area contributed by atoms with Gasteiger partial charge in [-0.2, -0.15) is 10.4 Å². The van der Waals surface area contributed by atoms with Gasteiger partial charge in [-0.3, -0.25) is 4.68 Å². The molecule has 0 bridgehead atoms. The molecule has 0 fully saturated rings. The van der Waals surface area contributed by atoms with Crippen molar-refractivity contribution >= 4 is 0 Å². The number of nitrogens with zero attached hydrogens (tertiary/aromatic N) is 3. The van der Waals surface area contributed by atoms with E-state index in [0.717, 1.165) is 31.4 Å². The van der Waals surface area contributed by atoms with Crippen LogP contribution in [0.5, 0.6) is 0 Å². The lowest BCUT2D eigenvalue weighted by molar-refractivity contribution is 0.130. The zero-order chi connectivity index (χ0) is 12.0. The molecule has 0 amide bonds. The fourth-order valence-electron chi connectivity index (χ4n) is 1.72. The molecule has 4 heteroatoms. The van der Waals surface area contributed by atoms with Crippen molar-refractivity contribution in [3.63, 3.8) is 0 Å². The van der Waals surface area contributed by atoms with Crippen LogP contribution < -0.4 is 0 Å². The molecule has 0 spiro atoms. The van der Waals surface area contributed by atoms with Crippen LogP contribution in [0.4, 0.5) is 0 Å². The van der Waals surface area contributed by atoms with Crippen molar-refractivity contribution in [1.82, 2.24) is 9.78 Å². The maximum atomic E-state index is 10.0. The van der Waals surface area contributed by atoms with Gasteiger partial charge in [0.05, 0.1) is 24.3 Å².